The molecular weight excluding hydrogens is 385 g/mol. The molecule has 2 aromatic carbocycles. The van der Waals surface area contributed by atoms with E-state index < -0.39 is 12.1 Å². The molecule has 1 amide bonds. The number of amides is 1. The summed E-state index contributed by atoms with van der Waals surface area (Å²) in [5.41, 5.74) is 2.35. The number of aliphatic hydroxyl groups excluding tert-OH is 1. The van der Waals surface area contributed by atoms with Crippen molar-refractivity contribution in [1.29, 1.82) is 5.26 Å². The zero-order valence-corrected chi connectivity index (χ0v) is 16.6. The van der Waals surface area contributed by atoms with Gasteiger partial charge in [0.2, 0.25) is 5.91 Å². The third-order valence-corrected chi connectivity index (χ3v) is 5.94. The Labute approximate surface area is 175 Å². The molecule has 2 aliphatic heterocycles. The number of carbonyl (C=O) groups is 1. The molecule has 4 rings (SSSR count). The number of carbonyl (C=O) groups excluding carboxylic acids is 1. The lowest BCUT2D eigenvalue weighted by Crippen LogP contribution is -2.66. The Kier molecular flexibility index (Phi) is 6.09. The summed E-state index contributed by atoms with van der Waals surface area (Å²) in [7, 11) is 0. The minimum atomic E-state index is -0.676. The Hall–Kier alpha value is -2.79. The van der Waals surface area contributed by atoms with Crippen molar-refractivity contribution in [2.45, 2.75) is 18.0 Å². The maximum atomic E-state index is 13.8. The molecule has 0 unspecified atom stereocenters. The Morgan fingerprint density at radius 1 is 1.20 bits per heavy atom. The van der Waals surface area contributed by atoms with E-state index in [1.807, 2.05) is 35.2 Å². The number of morpholine rings is 1. The van der Waals surface area contributed by atoms with Crippen molar-refractivity contribution in [1.82, 2.24) is 9.80 Å². The lowest BCUT2D eigenvalue weighted by atomic mass is 9.73. The van der Waals surface area contributed by atoms with Gasteiger partial charge in [0.1, 0.15) is 11.9 Å². The van der Waals surface area contributed by atoms with Crippen LogP contribution in [0.25, 0.3) is 11.1 Å². The second kappa shape index (κ2) is 8.92. The summed E-state index contributed by atoms with van der Waals surface area (Å²) in [5.74, 6) is -0.844. The second-order valence-electron chi connectivity index (χ2n) is 7.64. The predicted molar refractivity (Wildman–Crippen MR) is 109 cm³/mol. The number of nitriles is 1. The molecule has 6 nitrogen and oxygen atoms in total. The summed E-state index contributed by atoms with van der Waals surface area (Å²) >= 11 is 0. The van der Waals surface area contributed by atoms with E-state index in [2.05, 4.69) is 6.07 Å². The third kappa shape index (κ3) is 3.82. The molecule has 0 saturated carbocycles. The van der Waals surface area contributed by atoms with E-state index in [-0.39, 0.29) is 30.8 Å². The fourth-order valence-electron chi connectivity index (χ4n) is 4.46. The molecule has 0 spiro atoms. The Morgan fingerprint density at radius 2 is 1.97 bits per heavy atom. The zero-order chi connectivity index (χ0) is 21.1. The highest BCUT2D eigenvalue weighted by Crippen LogP contribution is 2.44. The molecule has 2 aliphatic rings. The normalized spacial score (nSPS) is 24.2. The summed E-state index contributed by atoms with van der Waals surface area (Å²) in [4.78, 5) is 16.4. The number of rotatable bonds is 5. The van der Waals surface area contributed by atoms with Gasteiger partial charge in [-0.25, -0.2) is 4.39 Å². The van der Waals surface area contributed by atoms with Gasteiger partial charge >= 0.3 is 0 Å². The van der Waals surface area contributed by atoms with Gasteiger partial charge in [-0.3, -0.25) is 9.69 Å². The van der Waals surface area contributed by atoms with Crippen LogP contribution in [0.15, 0.2) is 48.5 Å². The number of halogens is 1. The number of hydrogen-bond donors (Lipinski definition) is 1. The van der Waals surface area contributed by atoms with Gasteiger partial charge in [0.25, 0.3) is 0 Å². The van der Waals surface area contributed by atoms with Gasteiger partial charge < -0.3 is 14.7 Å². The molecule has 2 saturated heterocycles. The largest absolute Gasteiger partial charge is 0.394 e. The van der Waals surface area contributed by atoms with E-state index in [0.717, 1.165) is 11.1 Å². The van der Waals surface area contributed by atoms with Crippen molar-refractivity contribution in [2.75, 3.05) is 39.5 Å². The molecule has 2 fully saturated rings. The van der Waals surface area contributed by atoms with Gasteiger partial charge in [0.15, 0.2) is 0 Å². The van der Waals surface area contributed by atoms with E-state index in [4.69, 9.17) is 4.74 Å². The summed E-state index contributed by atoms with van der Waals surface area (Å²) in [6, 6.07) is 14.9. The smallest absolute Gasteiger partial charge is 0.238 e. The molecule has 30 heavy (non-hydrogen) atoms. The van der Waals surface area contributed by atoms with Gasteiger partial charge in [-0.15, -0.1) is 0 Å². The lowest BCUT2D eigenvalue weighted by Gasteiger charge is -2.52. The first kappa shape index (κ1) is 20.5. The first-order valence-corrected chi connectivity index (χ1v) is 10.1. The number of aliphatic hydroxyl groups is 1. The number of likely N-dealkylation sites (tertiary alicyclic amines) is 1. The van der Waals surface area contributed by atoms with Gasteiger partial charge in [-0.1, -0.05) is 36.4 Å². The maximum absolute atomic E-state index is 13.8. The van der Waals surface area contributed by atoms with Crippen LogP contribution in [-0.2, 0) is 9.53 Å². The summed E-state index contributed by atoms with van der Waals surface area (Å²) in [5, 5.41) is 19.9. The highest BCUT2D eigenvalue weighted by Gasteiger charge is 2.52. The van der Waals surface area contributed by atoms with Crippen LogP contribution in [0.3, 0.4) is 0 Å². The van der Waals surface area contributed by atoms with E-state index >= 15 is 0 Å². The average molecular weight is 409 g/mol. The molecule has 0 bridgehead atoms. The highest BCUT2D eigenvalue weighted by atomic mass is 19.1. The van der Waals surface area contributed by atoms with E-state index in [0.29, 0.717) is 31.9 Å². The SMILES string of the molecule is N#C[C@H]1[C@@H](c2ccccc2-c2cccc(F)c2)[C@@H](CO)N1C(=O)CN1CCOCC1. The van der Waals surface area contributed by atoms with E-state index in [9.17, 15) is 19.6 Å². The average Bonchev–Trinajstić information content (AvgIpc) is 2.75. The Bertz CT molecular complexity index is 955. The molecule has 7 heteroatoms. The van der Waals surface area contributed by atoms with Crippen LogP contribution < -0.4 is 0 Å². The summed E-state index contributed by atoms with van der Waals surface area (Å²) in [6.07, 6.45) is 0. The van der Waals surface area contributed by atoms with Gasteiger partial charge in [0, 0.05) is 19.0 Å². The van der Waals surface area contributed by atoms with Gasteiger partial charge in [0.05, 0.1) is 38.5 Å². The number of hydrogen-bond acceptors (Lipinski definition) is 5. The first-order valence-electron chi connectivity index (χ1n) is 10.1. The molecule has 156 valence electrons. The quantitative estimate of drug-likeness (QED) is 0.818. The minimum absolute atomic E-state index is 0.165. The Balaban J connectivity index is 1.61. The molecule has 0 aromatic heterocycles. The van der Waals surface area contributed by atoms with Crippen LogP contribution in [-0.4, -0.2) is 72.4 Å². The molecular formula is C23H24FN3O3. The zero-order valence-electron chi connectivity index (χ0n) is 16.6. The van der Waals surface area contributed by atoms with Crippen LogP contribution in [0, 0.1) is 17.1 Å². The standard InChI is InChI=1S/C23H24FN3O3/c24-17-5-3-4-16(12-17)18-6-1-2-7-19(18)23-20(13-25)27(21(23)15-28)22(29)14-26-8-10-30-11-9-26/h1-7,12,20-21,23,28H,8-11,14-15H2/t20-,21+,23+/m0/s1. The van der Waals surface area contributed by atoms with Crippen LogP contribution in [0.4, 0.5) is 4.39 Å². The molecule has 0 radical (unpaired) electrons. The number of benzene rings is 2. The van der Waals surface area contributed by atoms with Crippen LogP contribution in [0.1, 0.15) is 11.5 Å². The van der Waals surface area contributed by atoms with Gasteiger partial charge in [-0.05, 0) is 28.8 Å². The fourth-order valence-corrected chi connectivity index (χ4v) is 4.46. The predicted octanol–water partition coefficient (Wildman–Crippen LogP) is 2.00. The van der Waals surface area contributed by atoms with Crippen LogP contribution in [0.2, 0.25) is 0 Å². The first-order chi connectivity index (χ1) is 14.6. The van der Waals surface area contributed by atoms with Crippen molar-refractivity contribution in [2.24, 2.45) is 0 Å². The van der Waals surface area contributed by atoms with E-state index in [1.165, 1.54) is 17.0 Å². The molecule has 3 atom stereocenters. The van der Waals surface area contributed by atoms with Crippen molar-refractivity contribution in [3.05, 3.63) is 59.9 Å². The highest BCUT2D eigenvalue weighted by molar-refractivity contribution is 5.82. The number of ether oxygens (including phenoxy) is 1. The summed E-state index contributed by atoms with van der Waals surface area (Å²) < 4.78 is 19.1. The fraction of sp³-hybridized carbons (Fsp3) is 0.391. The maximum Gasteiger partial charge on any atom is 0.238 e. The monoisotopic (exact) mass is 409 g/mol. The van der Waals surface area contributed by atoms with E-state index in [1.54, 1.807) is 6.07 Å². The van der Waals surface area contributed by atoms with Gasteiger partial charge in [-0.2, -0.15) is 5.26 Å². The molecule has 1 N–H and O–H groups in total. The molecule has 2 heterocycles. The van der Waals surface area contributed by atoms with Crippen molar-refractivity contribution >= 4 is 5.91 Å². The van der Waals surface area contributed by atoms with Crippen LogP contribution >= 0.6 is 0 Å². The van der Waals surface area contributed by atoms with Crippen LogP contribution in [0.5, 0.6) is 0 Å². The van der Waals surface area contributed by atoms with Crippen molar-refractivity contribution < 1.29 is 19.0 Å². The number of nitrogens with zero attached hydrogens (tertiary/aromatic N) is 3. The third-order valence-electron chi connectivity index (χ3n) is 5.94. The molecule has 2 aromatic rings. The topological polar surface area (TPSA) is 76.8 Å². The second-order valence-corrected chi connectivity index (χ2v) is 7.64. The summed E-state index contributed by atoms with van der Waals surface area (Å²) in [6.45, 7) is 2.48. The van der Waals surface area contributed by atoms with Crippen molar-refractivity contribution in [3.63, 3.8) is 0 Å². The minimum Gasteiger partial charge on any atom is -0.394 e. The van der Waals surface area contributed by atoms with Crippen molar-refractivity contribution in [3.8, 4) is 17.2 Å². The molecule has 0 aliphatic carbocycles. The lowest BCUT2D eigenvalue weighted by molar-refractivity contribution is -0.149. The Morgan fingerprint density at radius 3 is 2.67 bits per heavy atom.